The predicted molar refractivity (Wildman–Crippen MR) is 93.5 cm³/mol. The lowest BCUT2D eigenvalue weighted by Gasteiger charge is -2.32. The fraction of sp³-hybridized carbons (Fsp3) is 0.667. The molecular weight excluding hydrogens is 306 g/mol. The van der Waals surface area contributed by atoms with E-state index < -0.39 is 0 Å². The van der Waals surface area contributed by atoms with Crippen molar-refractivity contribution >= 4 is 11.7 Å². The van der Waals surface area contributed by atoms with Crippen molar-refractivity contribution in [2.45, 2.75) is 52.6 Å². The second kappa shape index (κ2) is 8.44. The third-order valence-corrected chi connectivity index (χ3v) is 4.64. The highest BCUT2D eigenvalue weighted by atomic mass is 16.5. The van der Waals surface area contributed by atoms with E-state index in [0.29, 0.717) is 43.9 Å². The lowest BCUT2D eigenvalue weighted by molar-refractivity contribution is 0.00827. The first-order chi connectivity index (χ1) is 11.5. The molecule has 0 spiro atoms. The number of ether oxygens (including phenoxy) is 1. The van der Waals surface area contributed by atoms with Crippen LogP contribution in [0.2, 0.25) is 0 Å². The average molecular weight is 335 g/mol. The van der Waals surface area contributed by atoms with Crippen LogP contribution in [-0.4, -0.2) is 53.9 Å². The van der Waals surface area contributed by atoms with E-state index in [4.69, 9.17) is 10.5 Å². The molecule has 1 aliphatic heterocycles. The highest BCUT2D eigenvalue weighted by molar-refractivity contribution is 6.02. The van der Waals surface area contributed by atoms with Crippen LogP contribution in [0.5, 0.6) is 0 Å². The van der Waals surface area contributed by atoms with Crippen LogP contribution in [0.4, 0.5) is 0 Å². The molecule has 134 valence electrons. The Kier molecular flexibility index (Phi) is 6.57. The number of nitrogens with one attached hydrogen (secondary N) is 1. The molecule has 6 heteroatoms. The highest BCUT2D eigenvalue weighted by Crippen LogP contribution is 2.23. The molecule has 1 aliphatic rings. The summed E-state index contributed by atoms with van der Waals surface area (Å²) < 4.78 is 5.79. The molecule has 1 aromatic heterocycles. The largest absolute Gasteiger partial charge is 0.378 e. The van der Waals surface area contributed by atoms with Gasteiger partial charge < -0.3 is 20.4 Å². The SMILES string of the molecule is CCc1c(C(=O)N2CCC(OCCCN)CC2)[nH]c(C)c1C(C)=O. The molecule has 0 aromatic carbocycles. The maximum atomic E-state index is 12.9. The van der Waals surface area contributed by atoms with Crippen LogP contribution in [-0.2, 0) is 11.2 Å². The summed E-state index contributed by atoms with van der Waals surface area (Å²) in [4.78, 5) is 29.7. The van der Waals surface area contributed by atoms with Gasteiger partial charge in [-0.3, -0.25) is 9.59 Å². The summed E-state index contributed by atoms with van der Waals surface area (Å²) in [5, 5.41) is 0. The van der Waals surface area contributed by atoms with E-state index in [-0.39, 0.29) is 17.8 Å². The Morgan fingerprint density at radius 3 is 2.54 bits per heavy atom. The number of rotatable bonds is 7. The maximum absolute atomic E-state index is 12.9. The first-order valence-corrected chi connectivity index (χ1v) is 8.82. The summed E-state index contributed by atoms with van der Waals surface area (Å²) in [7, 11) is 0. The summed E-state index contributed by atoms with van der Waals surface area (Å²) in [6.45, 7) is 8.07. The van der Waals surface area contributed by atoms with Crippen molar-refractivity contribution in [2.75, 3.05) is 26.2 Å². The number of nitrogens with two attached hydrogens (primary N) is 1. The molecule has 2 rings (SSSR count). The number of aromatic nitrogens is 1. The zero-order chi connectivity index (χ0) is 17.7. The minimum atomic E-state index is -0.0112. The highest BCUT2D eigenvalue weighted by Gasteiger charge is 2.28. The molecule has 1 amide bonds. The smallest absolute Gasteiger partial charge is 0.270 e. The second-order valence-corrected chi connectivity index (χ2v) is 6.39. The number of aryl methyl sites for hydroxylation is 1. The van der Waals surface area contributed by atoms with Crippen LogP contribution in [0, 0.1) is 6.92 Å². The zero-order valence-corrected chi connectivity index (χ0v) is 15.0. The molecule has 2 heterocycles. The summed E-state index contributed by atoms with van der Waals surface area (Å²) >= 11 is 0. The monoisotopic (exact) mass is 335 g/mol. The molecular formula is C18H29N3O3. The van der Waals surface area contributed by atoms with Gasteiger partial charge in [-0.15, -0.1) is 0 Å². The summed E-state index contributed by atoms with van der Waals surface area (Å²) in [6, 6.07) is 0. The molecule has 0 unspecified atom stereocenters. The van der Waals surface area contributed by atoms with Crippen LogP contribution in [0.15, 0.2) is 0 Å². The zero-order valence-electron chi connectivity index (χ0n) is 15.0. The number of Topliss-reactive ketones (excluding diaryl/α,β-unsaturated/α-hetero) is 1. The molecule has 0 aliphatic carbocycles. The standard InChI is InChI=1S/C18H29N3O3/c1-4-15-16(13(3)22)12(2)20-17(15)18(23)21-9-6-14(7-10-21)24-11-5-8-19/h14,20H,4-11,19H2,1-3H3. The molecule has 0 saturated carbocycles. The molecule has 1 aromatic rings. The summed E-state index contributed by atoms with van der Waals surface area (Å²) in [6.07, 6.45) is 3.44. The van der Waals surface area contributed by atoms with E-state index in [9.17, 15) is 9.59 Å². The van der Waals surface area contributed by atoms with Gasteiger partial charge in [0.25, 0.3) is 5.91 Å². The topological polar surface area (TPSA) is 88.4 Å². The number of hydrogen-bond acceptors (Lipinski definition) is 4. The molecule has 24 heavy (non-hydrogen) atoms. The number of aromatic amines is 1. The van der Waals surface area contributed by atoms with Crippen molar-refractivity contribution in [3.8, 4) is 0 Å². The van der Waals surface area contributed by atoms with E-state index >= 15 is 0 Å². The minimum Gasteiger partial charge on any atom is -0.378 e. The predicted octanol–water partition coefficient (Wildman–Crippen LogP) is 2.06. The van der Waals surface area contributed by atoms with Crippen molar-refractivity contribution in [1.82, 2.24) is 9.88 Å². The quantitative estimate of drug-likeness (QED) is 0.590. The van der Waals surface area contributed by atoms with E-state index in [1.54, 1.807) is 6.92 Å². The van der Waals surface area contributed by atoms with Gasteiger partial charge in [0.15, 0.2) is 5.78 Å². The second-order valence-electron chi connectivity index (χ2n) is 6.39. The molecule has 3 N–H and O–H groups in total. The summed E-state index contributed by atoms with van der Waals surface area (Å²) in [5.41, 5.74) is 8.33. The average Bonchev–Trinajstić information content (AvgIpc) is 2.91. The van der Waals surface area contributed by atoms with Crippen LogP contribution < -0.4 is 5.73 Å². The van der Waals surface area contributed by atoms with E-state index in [2.05, 4.69) is 4.98 Å². The Morgan fingerprint density at radius 2 is 2.00 bits per heavy atom. The molecule has 0 atom stereocenters. The number of piperidine rings is 1. The Morgan fingerprint density at radius 1 is 1.33 bits per heavy atom. The van der Waals surface area contributed by atoms with Gasteiger partial charge in [-0.1, -0.05) is 6.92 Å². The third kappa shape index (κ3) is 4.05. The van der Waals surface area contributed by atoms with Gasteiger partial charge in [-0.25, -0.2) is 0 Å². The van der Waals surface area contributed by atoms with Gasteiger partial charge in [0.05, 0.1) is 6.10 Å². The number of amides is 1. The Balaban J connectivity index is 2.03. The van der Waals surface area contributed by atoms with Crippen LogP contribution in [0.3, 0.4) is 0 Å². The van der Waals surface area contributed by atoms with Gasteiger partial charge in [0, 0.05) is 31.0 Å². The fourth-order valence-electron chi connectivity index (χ4n) is 3.41. The van der Waals surface area contributed by atoms with Crippen molar-refractivity contribution in [3.05, 3.63) is 22.5 Å². The van der Waals surface area contributed by atoms with Crippen molar-refractivity contribution in [3.63, 3.8) is 0 Å². The Labute approximate surface area is 143 Å². The number of carbonyl (C=O) groups excluding carboxylic acids is 2. The molecule has 6 nitrogen and oxygen atoms in total. The lowest BCUT2D eigenvalue weighted by atomic mass is 10.0. The van der Waals surface area contributed by atoms with Crippen molar-refractivity contribution in [2.24, 2.45) is 5.73 Å². The minimum absolute atomic E-state index is 0.00617. The van der Waals surface area contributed by atoms with Gasteiger partial charge in [-0.2, -0.15) is 0 Å². The van der Waals surface area contributed by atoms with E-state index in [0.717, 1.165) is 30.5 Å². The van der Waals surface area contributed by atoms with Crippen LogP contribution in [0.25, 0.3) is 0 Å². The van der Waals surface area contributed by atoms with Gasteiger partial charge in [-0.05, 0) is 51.6 Å². The Hall–Kier alpha value is -1.66. The fourth-order valence-corrected chi connectivity index (χ4v) is 3.41. The number of hydrogen-bond donors (Lipinski definition) is 2. The van der Waals surface area contributed by atoms with Crippen molar-refractivity contribution in [1.29, 1.82) is 0 Å². The lowest BCUT2D eigenvalue weighted by Crippen LogP contribution is -2.41. The molecule has 0 bridgehead atoms. The number of likely N-dealkylation sites (tertiary alicyclic amines) is 1. The van der Waals surface area contributed by atoms with Crippen LogP contribution in [0.1, 0.15) is 65.2 Å². The third-order valence-electron chi connectivity index (χ3n) is 4.64. The maximum Gasteiger partial charge on any atom is 0.270 e. The van der Waals surface area contributed by atoms with Gasteiger partial charge in [0.2, 0.25) is 0 Å². The number of nitrogens with zero attached hydrogens (tertiary/aromatic N) is 1. The first-order valence-electron chi connectivity index (χ1n) is 8.82. The molecule has 1 saturated heterocycles. The Bertz CT molecular complexity index is 587. The number of H-pyrrole nitrogens is 1. The number of carbonyl (C=O) groups is 2. The van der Waals surface area contributed by atoms with Gasteiger partial charge in [0.1, 0.15) is 5.69 Å². The van der Waals surface area contributed by atoms with Crippen LogP contribution >= 0.6 is 0 Å². The first kappa shape index (κ1) is 18.7. The normalized spacial score (nSPS) is 15.8. The van der Waals surface area contributed by atoms with E-state index in [1.165, 1.54) is 0 Å². The molecule has 0 radical (unpaired) electrons. The van der Waals surface area contributed by atoms with Gasteiger partial charge >= 0.3 is 0 Å². The van der Waals surface area contributed by atoms with E-state index in [1.807, 2.05) is 18.7 Å². The molecule has 1 fully saturated rings. The van der Waals surface area contributed by atoms with Crippen molar-refractivity contribution < 1.29 is 14.3 Å². The summed E-state index contributed by atoms with van der Waals surface area (Å²) in [5.74, 6) is -0.00507. The number of ketones is 1.